The molecule has 3 aliphatic rings. The Kier molecular flexibility index (Phi) is 5.00. The van der Waals surface area contributed by atoms with Crippen molar-refractivity contribution in [2.45, 2.75) is 49.8 Å². The number of fused-ring (bicyclic) bond motifs is 4. The van der Waals surface area contributed by atoms with Crippen LogP contribution in [0.1, 0.15) is 60.1 Å². The lowest BCUT2D eigenvalue weighted by Crippen LogP contribution is -2.55. The SMILES string of the molecule is Brc1ccc2c(c1)C1CC(c3ccc(Br)s3)=NN1C1(CCC(c3ccccc3)CC1)O2. The summed E-state index contributed by atoms with van der Waals surface area (Å²) >= 11 is 9.02. The maximum Gasteiger partial charge on any atom is 0.198 e. The zero-order valence-electron chi connectivity index (χ0n) is 16.9. The Bertz CT molecular complexity index is 1150. The van der Waals surface area contributed by atoms with Crippen LogP contribution in [0.4, 0.5) is 0 Å². The van der Waals surface area contributed by atoms with Crippen LogP contribution in [0.15, 0.2) is 74.0 Å². The van der Waals surface area contributed by atoms with Crippen LogP contribution >= 0.6 is 43.2 Å². The van der Waals surface area contributed by atoms with Gasteiger partial charge < -0.3 is 4.74 Å². The molecule has 1 saturated carbocycles. The largest absolute Gasteiger partial charge is 0.466 e. The second-order valence-electron chi connectivity index (χ2n) is 8.63. The Morgan fingerprint density at radius 2 is 1.81 bits per heavy atom. The van der Waals surface area contributed by atoms with Gasteiger partial charge in [0.2, 0.25) is 0 Å². The van der Waals surface area contributed by atoms with E-state index in [0.717, 1.165) is 46.1 Å². The van der Waals surface area contributed by atoms with Crippen molar-refractivity contribution in [1.29, 1.82) is 0 Å². The predicted molar refractivity (Wildman–Crippen MR) is 133 cm³/mol. The molecule has 1 fully saturated rings. The average molecular weight is 558 g/mol. The van der Waals surface area contributed by atoms with E-state index in [0.29, 0.717) is 5.92 Å². The lowest BCUT2D eigenvalue weighted by molar-refractivity contribution is -0.142. The highest BCUT2D eigenvalue weighted by molar-refractivity contribution is 9.11. The summed E-state index contributed by atoms with van der Waals surface area (Å²) in [7, 11) is 0. The number of benzene rings is 2. The molecule has 0 radical (unpaired) electrons. The molecule has 0 N–H and O–H groups in total. The van der Waals surface area contributed by atoms with Crippen molar-refractivity contribution in [3.05, 3.63) is 84.9 Å². The smallest absolute Gasteiger partial charge is 0.198 e. The molecule has 6 heteroatoms. The van der Waals surface area contributed by atoms with Gasteiger partial charge in [0.05, 0.1) is 20.4 Å². The van der Waals surface area contributed by atoms with E-state index in [1.54, 1.807) is 11.3 Å². The maximum atomic E-state index is 6.80. The molecule has 1 aromatic heterocycles. The number of ether oxygens (including phenoxy) is 1. The van der Waals surface area contributed by atoms with Gasteiger partial charge in [-0.25, -0.2) is 5.01 Å². The number of rotatable bonds is 2. The van der Waals surface area contributed by atoms with Crippen molar-refractivity contribution >= 4 is 48.9 Å². The highest BCUT2D eigenvalue weighted by atomic mass is 79.9. The molecule has 1 atom stereocenters. The van der Waals surface area contributed by atoms with E-state index in [9.17, 15) is 0 Å². The molecule has 3 nitrogen and oxygen atoms in total. The standard InChI is InChI=1S/C25H22Br2N2OS/c26-18-6-7-22-19(14-18)21-15-20(23-8-9-24(27)31-23)28-29(21)25(30-22)12-10-17(11-13-25)16-4-2-1-3-5-16/h1-9,14,17,21H,10-13,15H2. The number of hydrazone groups is 1. The first-order valence-corrected chi connectivity index (χ1v) is 13.2. The minimum atomic E-state index is -0.354. The molecule has 31 heavy (non-hydrogen) atoms. The molecule has 3 aromatic rings. The van der Waals surface area contributed by atoms with Crippen LogP contribution in [-0.4, -0.2) is 16.4 Å². The molecule has 0 saturated heterocycles. The van der Waals surface area contributed by atoms with Gasteiger partial charge in [0, 0.05) is 29.3 Å². The summed E-state index contributed by atoms with van der Waals surface area (Å²) in [6.07, 6.45) is 5.14. The normalized spacial score (nSPS) is 26.9. The second-order valence-corrected chi connectivity index (χ2v) is 12.0. The third-order valence-corrected chi connectivity index (χ3v) is 9.02. The van der Waals surface area contributed by atoms with Crippen LogP contribution < -0.4 is 4.74 Å². The lowest BCUT2D eigenvalue weighted by atomic mass is 9.78. The number of nitrogens with zero attached hydrogens (tertiary/aromatic N) is 2. The summed E-state index contributed by atoms with van der Waals surface area (Å²) in [6, 6.07) is 21.9. The molecule has 0 bridgehead atoms. The fraction of sp³-hybridized carbons (Fsp3) is 0.320. The Hall–Kier alpha value is -1.63. The fourth-order valence-electron chi connectivity index (χ4n) is 5.33. The van der Waals surface area contributed by atoms with Gasteiger partial charge in [0.15, 0.2) is 5.72 Å². The van der Waals surface area contributed by atoms with Crippen molar-refractivity contribution < 1.29 is 4.74 Å². The van der Waals surface area contributed by atoms with Gasteiger partial charge in [-0.05, 0) is 70.6 Å². The van der Waals surface area contributed by atoms with Gasteiger partial charge in [-0.2, -0.15) is 5.10 Å². The van der Waals surface area contributed by atoms with Gasteiger partial charge in [0.25, 0.3) is 0 Å². The van der Waals surface area contributed by atoms with Gasteiger partial charge in [-0.1, -0.05) is 46.3 Å². The Morgan fingerprint density at radius 1 is 1.00 bits per heavy atom. The molecular weight excluding hydrogens is 536 g/mol. The molecule has 2 aromatic carbocycles. The highest BCUT2D eigenvalue weighted by Gasteiger charge is 2.52. The number of hydrogen-bond donors (Lipinski definition) is 0. The molecule has 0 amide bonds. The first-order chi connectivity index (χ1) is 15.1. The minimum Gasteiger partial charge on any atom is -0.466 e. The van der Waals surface area contributed by atoms with E-state index in [4.69, 9.17) is 9.84 Å². The number of halogens is 2. The summed E-state index contributed by atoms with van der Waals surface area (Å²) < 4.78 is 9.03. The van der Waals surface area contributed by atoms with Gasteiger partial charge in [-0.15, -0.1) is 11.3 Å². The average Bonchev–Trinajstić information content (AvgIpc) is 3.43. The van der Waals surface area contributed by atoms with Crippen molar-refractivity contribution in [3.8, 4) is 5.75 Å². The Morgan fingerprint density at radius 3 is 2.55 bits per heavy atom. The molecule has 3 heterocycles. The van der Waals surface area contributed by atoms with E-state index in [1.165, 1.54) is 21.7 Å². The van der Waals surface area contributed by atoms with Crippen molar-refractivity contribution in [1.82, 2.24) is 5.01 Å². The molecule has 2 aliphatic heterocycles. The zero-order valence-corrected chi connectivity index (χ0v) is 20.9. The number of thiophene rings is 1. The van der Waals surface area contributed by atoms with E-state index in [1.807, 2.05) is 0 Å². The summed E-state index contributed by atoms with van der Waals surface area (Å²) in [5, 5.41) is 7.51. The Labute approximate surface area is 203 Å². The van der Waals surface area contributed by atoms with E-state index >= 15 is 0 Å². The van der Waals surface area contributed by atoms with E-state index < -0.39 is 0 Å². The molecule has 1 aliphatic carbocycles. The fourth-order valence-corrected chi connectivity index (χ4v) is 7.09. The van der Waals surface area contributed by atoms with Crippen LogP contribution in [0.5, 0.6) is 5.75 Å². The summed E-state index contributed by atoms with van der Waals surface area (Å²) in [6.45, 7) is 0. The molecule has 1 spiro atoms. The maximum absolute atomic E-state index is 6.80. The van der Waals surface area contributed by atoms with Crippen molar-refractivity contribution in [2.24, 2.45) is 5.10 Å². The van der Waals surface area contributed by atoms with Crippen LogP contribution in [0.3, 0.4) is 0 Å². The summed E-state index contributed by atoms with van der Waals surface area (Å²) in [4.78, 5) is 1.24. The van der Waals surface area contributed by atoms with Crippen molar-refractivity contribution in [2.75, 3.05) is 0 Å². The van der Waals surface area contributed by atoms with Gasteiger partial charge in [0.1, 0.15) is 5.75 Å². The van der Waals surface area contributed by atoms with Crippen molar-refractivity contribution in [3.63, 3.8) is 0 Å². The highest BCUT2D eigenvalue weighted by Crippen LogP contribution is 2.53. The minimum absolute atomic E-state index is 0.227. The summed E-state index contributed by atoms with van der Waals surface area (Å²) in [5.74, 6) is 1.62. The zero-order chi connectivity index (χ0) is 21.0. The van der Waals surface area contributed by atoms with E-state index in [-0.39, 0.29) is 11.8 Å². The van der Waals surface area contributed by atoms with Crippen LogP contribution in [0.2, 0.25) is 0 Å². The third-order valence-electron chi connectivity index (χ3n) is 6.85. The first kappa shape index (κ1) is 20.0. The predicted octanol–water partition coefficient (Wildman–Crippen LogP) is 7.87. The molecule has 158 valence electrons. The van der Waals surface area contributed by atoms with E-state index in [2.05, 4.69) is 97.5 Å². The third kappa shape index (κ3) is 3.47. The summed E-state index contributed by atoms with van der Waals surface area (Å²) in [5.41, 5.74) is 3.50. The van der Waals surface area contributed by atoms with Crippen LogP contribution in [0, 0.1) is 0 Å². The van der Waals surface area contributed by atoms with Gasteiger partial charge >= 0.3 is 0 Å². The molecule has 6 rings (SSSR count). The Balaban J connectivity index is 1.36. The lowest BCUT2D eigenvalue weighted by Gasteiger charge is -2.50. The van der Waals surface area contributed by atoms with Gasteiger partial charge in [-0.3, -0.25) is 0 Å². The first-order valence-electron chi connectivity index (χ1n) is 10.8. The van der Waals surface area contributed by atoms with Crippen LogP contribution in [0.25, 0.3) is 0 Å². The second kappa shape index (κ2) is 7.75. The molecular formula is C25H22Br2N2OS. The topological polar surface area (TPSA) is 24.8 Å². The van der Waals surface area contributed by atoms with Crippen LogP contribution in [-0.2, 0) is 0 Å². The quantitative estimate of drug-likeness (QED) is 0.320. The number of hydrogen-bond acceptors (Lipinski definition) is 4. The monoisotopic (exact) mass is 556 g/mol. The molecule has 1 unspecified atom stereocenters.